The van der Waals surface area contributed by atoms with Gasteiger partial charge in [0.15, 0.2) is 0 Å². The Morgan fingerprint density at radius 1 is 1.25 bits per heavy atom. The van der Waals surface area contributed by atoms with Crippen LogP contribution in [0.4, 0.5) is 5.82 Å². The minimum Gasteiger partial charge on any atom is -0.365 e. The molecule has 0 amide bonds. The van der Waals surface area contributed by atoms with E-state index in [2.05, 4.69) is 15.3 Å². The van der Waals surface area contributed by atoms with Crippen LogP contribution in [-0.2, 0) is 6.54 Å². The molecule has 4 heteroatoms. The molecule has 1 heterocycles. The van der Waals surface area contributed by atoms with Crippen LogP contribution in [-0.4, -0.2) is 9.97 Å². The highest BCUT2D eigenvalue weighted by Crippen LogP contribution is 2.09. The van der Waals surface area contributed by atoms with Crippen molar-refractivity contribution in [2.75, 3.05) is 5.32 Å². The highest BCUT2D eigenvalue weighted by atomic mass is 15.0. The number of nitrogens with zero attached hydrogens (tertiary/aromatic N) is 3. The van der Waals surface area contributed by atoms with Crippen LogP contribution in [0, 0.1) is 11.3 Å². The van der Waals surface area contributed by atoms with Gasteiger partial charge in [-0.05, 0) is 5.56 Å². The Hall–Kier alpha value is -2.41. The molecule has 1 aromatic carbocycles. The van der Waals surface area contributed by atoms with E-state index in [0.717, 1.165) is 5.56 Å². The fourth-order valence-electron chi connectivity index (χ4n) is 1.33. The van der Waals surface area contributed by atoms with Gasteiger partial charge in [0.1, 0.15) is 23.8 Å². The molecule has 0 aliphatic carbocycles. The van der Waals surface area contributed by atoms with E-state index < -0.39 is 0 Å². The van der Waals surface area contributed by atoms with E-state index in [4.69, 9.17) is 5.26 Å². The lowest BCUT2D eigenvalue weighted by molar-refractivity contribution is 1.07. The highest BCUT2D eigenvalue weighted by molar-refractivity contribution is 5.50. The normalized spacial score (nSPS) is 9.44. The first-order valence-corrected chi connectivity index (χ1v) is 4.88. The lowest BCUT2D eigenvalue weighted by Crippen LogP contribution is -2.03. The van der Waals surface area contributed by atoms with Crippen LogP contribution in [0.2, 0.25) is 0 Å². The Morgan fingerprint density at radius 3 is 2.81 bits per heavy atom. The van der Waals surface area contributed by atoms with Crippen molar-refractivity contribution >= 4 is 5.82 Å². The van der Waals surface area contributed by atoms with E-state index in [1.54, 1.807) is 0 Å². The molecular formula is C12H10N4. The summed E-state index contributed by atoms with van der Waals surface area (Å²) in [4.78, 5) is 7.82. The second-order valence-electron chi connectivity index (χ2n) is 3.24. The van der Waals surface area contributed by atoms with E-state index in [1.165, 1.54) is 12.5 Å². The van der Waals surface area contributed by atoms with Crippen LogP contribution < -0.4 is 5.32 Å². The average Bonchev–Trinajstić information content (AvgIpc) is 2.38. The fourth-order valence-corrected chi connectivity index (χ4v) is 1.33. The van der Waals surface area contributed by atoms with E-state index >= 15 is 0 Å². The molecule has 2 rings (SSSR count). The van der Waals surface area contributed by atoms with Gasteiger partial charge >= 0.3 is 0 Å². The van der Waals surface area contributed by atoms with Crippen molar-refractivity contribution in [1.29, 1.82) is 5.26 Å². The molecule has 0 fully saturated rings. The van der Waals surface area contributed by atoms with Gasteiger partial charge in [0.05, 0.1) is 6.20 Å². The summed E-state index contributed by atoms with van der Waals surface area (Å²) in [7, 11) is 0. The summed E-state index contributed by atoms with van der Waals surface area (Å²) in [6.07, 6.45) is 2.93. The third kappa shape index (κ3) is 2.34. The second-order valence-corrected chi connectivity index (χ2v) is 3.24. The minimum absolute atomic E-state index is 0.457. The fraction of sp³-hybridized carbons (Fsp3) is 0.0833. The zero-order valence-electron chi connectivity index (χ0n) is 8.59. The molecule has 0 unspecified atom stereocenters. The van der Waals surface area contributed by atoms with Crippen LogP contribution in [0.15, 0.2) is 42.9 Å². The summed E-state index contributed by atoms with van der Waals surface area (Å²) < 4.78 is 0. The van der Waals surface area contributed by atoms with Crippen molar-refractivity contribution in [3.8, 4) is 6.07 Å². The molecule has 0 saturated carbocycles. The molecule has 1 N–H and O–H groups in total. The molecule has 0 bridgehead atoms. The lowest BCUT2D eigenvalue weighted by Gasteiger charge is -2.05. The third-order valence-corrected chi connectivity index (χ3v) is 2.14. The number of benzene rings is 1. The molecular weight excluding hydrogens is 200 g/mol. The quantitative estimate of drug-likeness (QED) is 0.841. The van der Waals surface area contributed by atoms with Gasteiger partial charge in [-0.15, -0.1) is 0 Å². The molecule has 0 aliphatic heterocycles. The molecule has 0 spiro atoms. The first-order chi connectivity index (χ1) is 7.90. The molecule has 0 atom stereocenters. The molecule has 0 radical (unpaired) electrons. The number of aromatic nitrogens is 2. The zero-order valence-corrected chi connectivity index (χ0v) is 8.59. The van der Waals surface area contributed by atoms with Gasteiger partial charge in [-0.1, -0.05) is 30.3 Å². The van der Waals surface area contributed by atoms with Gasteiger partial charge in [-0.25, -0.2) is 9.97 Å². The van der Waals surface area contributed by atoms with Gasteiger partial charge in [-0.2, -0.15) is 5.26 Å². The lowest BCUT2D eigenvalue weighted by atomic mass is 10.2. The van der Waals surface area contributed by atoms with Crippen LogP contribution in [0.1, 0.15) is 11.1 Å². The number of hydrogen-bond acceptors (Lipinski definition) is 4. The van der Waals surface area contributed by atoms with Gasteiger partial charge in [0.25, 0.3) is 0 Å². The Morgan fingerprint density at radius 2 is 2.06 bits per heavy atom. The molecule has 0 saturated heterocycles. The summed E-state index contributed by atoms with van der Waals surface area (Å²) in [5.74, 6) is 0.571. The van der Waals surface area contributed by atoms with Gasteiger partial charge in [-0.3, -0.25) is 0 Å². The standard InChI is InChI=1S/C12H10N4/c13-6-11-8-14-9-16-12(11)15-7-10-4-2-1-3-5-10/h1-5,8-9H,7H2,(H,14,15,16). The molecule has 78 valence electrons. The largest absolute Gasteiger partial charge is 0.365 e. The second kappa shape index (κ2) is 4.89. The maximum atomic E-state index is 8.85. The smallest absolute Gasteiger partial charge is 0.147 e. The monoisotopic (exact) mass is 210 g/mol. The summed E-state index contributed by atoms with van der Waals surface area (Å²) in [5.41, 5.74) is 1.60. The first kappa shape index (κ1) is 10.1. The van der Waals surface area contributed by atoms with E-state index in [-0.39, 0.29) is 0 Å². The summed E-state index contributed by atoms with van der Waals surface area (Å²) in [6, 6.07) is 12.0. The van der Waals surface area contributed by atoms with Crippen molar-refractivity contribution in [2.45, 2.75) is 6.54 Å². The zero-order chi connectivity index (χ0) is 11.2. The summed E-state index contributed by atoms with van der Waals surface area (Å²) in [5, 5.41) is 12.0. The van der Waals surface area contributed by atoms with E-state index in [0.29, 0.717) is 17.9 Å². The Bertz CT molecular complexity index is 502. The van der Waals surface area contributed by atoms with Gasteiger partial charge in [0, 0.05) is 6.54 Å². The number of hydrogen-bond donors (Lipinski definition) is 1. The summed E-state index contributed by atoms with van der Waals surface area (Å²) in [6.45, 7) is 0.645. The minimum atomic E-state index is 0.457. The van der Waals surface area contributed by atoms with Crippen molar-refractivity contribution in [3.05, 3.63) is 54.0 Å². The average molecular weight is 210 g/mol. The van der Waals surface area contributed by atoms with Crippen molar-refractivity contribution in [3.63, 3.8) is 0 Å². The maximum Gasteiger partial charge on any atom is 0.147 e. The topological polar surface area (TPSA) is 61.6 Å². The Balaban J connectivity index is 2.09. The molecule has 4 nitrogen and oxygen atoms in total. The third-order valence-electron chi connectivity index (χ3n) is 2.14. The highest BCUT2D eigenvalue weighted by Gasteiger charge is 2.01. The molecule has 0 aliphatic rings. The van der Waals surface area contributed by atoms with Crippen LogP contribution in [0.3, 0.4) is 0 Å². The van der Waals surface area contributed by atoms with E-state index in [1.807, 2.05) is 36.4 Å². The number of nitrogens with one attached hydrogen (secondary N) is 1. The molecule has 16 heavy (non-hydrogen) atoms. The Kier molecular flexibility index (Phi) is 3.10. The van der Waals surface area contributed by atoms with Crippen molar-refractivity contribution < 1.29 is 0 Å². The van der Waals surface area contributed by atoms with Crippen LogP contribution in [0.25, 0.3) is 0 Å². The summed E-state index contributed by atoms with van der Waals surface area (Å²) >= 11 is 0. The van der Waals surface area contributed by atoms with Crippen molar-refractivity contribution in [2.24, 2.45) is 0 Å². The number of anilines is 1. The van der Waals surface area contributed by atoms with Crippen LogP contribution >= 0.6 is 0 Å². The van der Waals surface area contributed by atoms with E-state index in [9.17, 15) is 0 Å². The maximum absolute atomic E-state index is 8.85. The SMILES string of the molecule is N#Cc1cncnc1NCc1ccccc1. The number of nitriles is 1. The predicted molar refractivity (Wildman–Crippen MR) is 60.5 cm³/mol. The van der Waals surface area contributed by atoms with Gasteiger partial charge in [0.2, 0.25) is 0 Å². The predicted octanol–water partition coefficient (Wildman–Crippen LogP) is 1.96. The number of rotatable bonds is 3. The molecule has 2 aromatic rings. The molecule has 1 aromatic heterocycles. The first-order valence-electron chi connectivity index (χ1n) is 4.88. The van der Waals surface area contributed by atoms with Crippen LogP contribution in [0.5, 0.6) is 0 Å². The van der Waals surface area contributed by atoms with Crippen molar-refractivity contribution in [1.82, 2.24) is 9.97 Å². The van der Waals surface area contributed by atoms with Gasteiger partial charge < -0.3 is 5.32 Å². The Labute approximate surface area is 93.6 Å².